The lowest BCUT2D eigenvalue weighted by atomic mass is 10.0. The maximum atomic E-state index is 8.49. The van der Waals surface area contributed by atoms with Crippen molar-refractivity contribution in [3.8, 4) is 6.07 Å². The Labute approximate surface area is 191 Å². The molecule has 0 fully saturated rings. The molecule has 0 rings (SSSR count). The van der Waals surface area contributed by atoms with Crippen molar-refractivity contribution in [2.75, 3.05) is 0 Å². The highest BCUT2D eigenvalue weighted by Gasteiger charge is 1.95. The fourth-order valence-corrected chi connectivity index (χ4v) is 4.22. The van der Waals surface area contributed by atoms with Crippen LogP contribution in [-0.4, -0.2) is 0 Å². The average molecular weight is 418 g/mol. The summed E-state index contributed by atoms with van der Waals surface area (Å²) in [7, 11) is 0. The molecule has 0 atom stereocenters. The fraction of sp³-hybridized carbons (Fsp3) is 0.897. The van der Waals surface area contributed by atoms with Gasteiger partial charge in [0.1, 0.15) is 0 Å². The van der Waals surface area contributed by atoms with E-state index in [0.717, 1.165) is 12.8 Å². The third-order valence-corrected chi connectivity index (χ3v) is 6.30. The van der Waals surface area contributed by atoms with Crippen LogP contribution in [0.15, 0.2) is 12.2 Å². The number of allylic oxidation sites excluding steroid dienone is 2. The lowest BCUT2D eigenvalue weighted by Gasteiger charge is -2.03. The molecule has 0 aromatic rings. The van der Waals surface area contributed by atoms with Crippen LogP contribution in [0.4, 0.5) is 0 Å². The molecule has 0 radical (unpaired) electrons. The van der Waals surface area contributed by atoms with E-state index in [0.29, 0.717) is 0 Å². The Morgan fingerprint density at radius 2 is 0.733 bits per heavy atom. The summed E-state index contributed by atoms with van der Waals surface area (Å²) in [5.74, 6) is 0. The van der Waals surface area contributed by atoms with Gasteiger partial charge in [-0.3, -0.25) is 0 Å². The third-order valence-electron chi connectivity index (χ3n) is 6.30. The van der Waals surface area contributed by atoms with E-state index in [1.165, 1.54) is 148 Å². The Hall–Kier alpha value is -0.770. The van der Waals surface area contributed by atoms with Crippen molar-refractivity contribution in [2.24, 2.45) is 0 Å². The van der Waals surface area contributed by atoms with Crippen LogP contribution in [0.25, 0.3) is 0 Å². The molecular formula is C29H55N. The molecule has 30 heavy (non-hydrogen) atoms. The summed E-state index contributed by atoms with van der Waals surface area (Å²) in [6, 6.07) is 2.22. The van der Waals surface area contributed by atoms with Gasteiger partial charge in [0.05, 0.1) is 6.07 Å². The molecular weight excluding hydrogens is 362 g/mol. The molecule has 176 valence electrons. The van der Waals surface area contributed by atoms with Crippen LogP contribution >= 0.6 is 0 Å². The van der Waals surface area contributed by atoms with Crippen LogP contribution in [0.1, 0.15) is 167 Å². The molecule has 0 aliphatic heterocycles. The van der Waals surface area contributed by atoms with E-state index >= 15 is 0 Å². The van der Waals surface area contributed by atoms with Gasteiger partial charge in [-0.15, -0.1) is 0 Å². The van der Waals surface area contributed by atoms with Gasteiger partial charge in [-0.1, -0.05) is 141 Å². The first-order valence-electron chi connectivity index (χ1n) is 13.9. The molecule has 0 saturated carbocycles. The summed E-state index contributed by atoms with van der Waals surface area (Å²) in [4.78, 5) is 0. The molecule has 0 bridgehead atoms. The standard InChI is InChI=1S/C29H55N/c1-2-3-4-5-6-7-8-9-10-11-12-13-14-15-16-17-18-19-20-21-22-23-24-25-26-27-28-29-30/h20-21H,2-19,22-28H2,1H3/b21-20+. The topological polar surface area (TPSA) is 23.8 Å². The van der Waals surface area contributed by atoms with Crippen LogP contribution in [-0.2, 0) is 0 Å². The minimum absolute atomic E-state index is 0.735. The molecule has 0 unspecified atom stereocenters. The summed E-state index contributed by atoms with van der Waals surface area (Å²) >= 11 is 0. The van der Waals surface area contributed by atoms with Gasteiger partial charge < -0.3 is 0 Å². The lowest BCUT2D eigenvalue weighted by molar-refractivity contribution is 0.527. The molecule has 0 N–H and O–H groups in total. The Kier molecular flexibility index (Phi) is 27.5. The average Bonchev–Trinajstić information content (AvgIpc) is 2.76. The normalized spacial score (nSPS) is 11.3. The highest BCUT2D eigenvalue weighted by atomic mass is 14.2. The number of hydrogen-bond acceptors (Lipinski definition) is 1. The molecule has 0 spiro atoms. The molecule has 0 aromatic carbocycles. The number of rotatable bonds is 25. The molecule has 0 heterocycles. The molecule has 1 heteroatoms. The summed E-state index contributed by atoms with van der Waals surface area (Å²) in [6.07, 6.45) is 39.0. The van der Waals surface area contributed by atoms with E-state index in [9.17, 15) is 0 Å². The van der Waals surface area contributed by atoms with Gasteiger partial charge >= 0.3 is 0 Å². The van der Waals surface area contributed by atoms with Gasteiger partial charge in [0.2, 0.25) is 0 Å². The quantitative estimate of drug-likeness (QED) is 0.107. The molecule has 0 amide bonds. The van der Waals surface area contributed by atoms with Gasteiger partial charge in [0.25, 0.3) is 0 Å². The highest BCUT2D eigenvalue weighted by Crippen LogP contribution is 2.14. The van der Waals surface area contributed by atoms with Crippen molar-refractivity contribution in [3.05, 3.63) is 12.2 Å². The van der Waals surface area contributed by atoms with E-state index in [4.69, 9.17) is 5.26 Å². The zero-order valence-electron chi connectivity index (χ0n) is 20.8. The second kappa shape index (κ2) is 28.2. The molecule has 1 nitrogen and oxygen atoms in total. The van der Waals surface area contributed by atoms with Crippen LogP contribution in [0.2, 0.25) is 0 Å². The van der Waals surface area contributed by atoms with Crippen molar-refractivity contribution in [1.82, 2.24) is 0 Å². The first-order chi connectivity index (χ1) is 14.9. The van der Waals surface area contributed by atoms with E-state index in [1.807, 2.05) is 0 Å². The minimum atomic E-state index is 0.735. The van der Waals surface area contributed by atoms with Crippen molar-refractivity contribution < 1.29 is 0 Å². The molecule has 0 saturated heterocycles. The number of nitriles is 1. The van der Waals surface area contributed by atoms with Gasteiger partial charge in [0.15, 0.2) is 0 Å². The van der Waals surface area contributed by atoms with Crippen molar-refractivity contribution >= 4 is 0 Å². The predicted octanol–water partition coefficient (Wildman–Crippen LogP) is 10.8. The van der Waals surface area contributed by atoms with Crippen LogP contribution in [0.5, 0.6) is 0 Å². The van der Waals surface area contributed by atoms with Crippen molar-refractivity contribution in [3.63, 3.8) is 0 Å². The fourth-order valence-electron chi connectivity index (χ4n) is 4.22. The van der Waals surface area contributed by atoms with Crippen molar-refractivity contribution in [1.29, 1.82) is 5.26 Å². The monoisotopic (exact) mass is 417 g/mol. The number of nitrogens with zero attached hydrogens (tertiary/aromatic N) is 1. The van der Waals surface area contributed by atoms with E-state index in [1.54, 1.807) is 0 Å². The molecule has 0 aromatic heterocycles. The maximum Gasteiger partial charge on any atom is 0.0621 e. The zero-order chi connectivity index (χ0) is 21.8. The smallest absolute Gasteiger partial charge is 0.0621 e. The largest absolute Gasteiger partial charge is 0.198 e. The summed E-state index contributed by atoms with van der Waals surface area (Å²) in [6.45, 7) is 2.30. The van der Waals surface area contributed by atoms with Crippen molar-refractivity contribution in [2.45, 2.75) is 167 Å². The lowest BCUT2D eigenvalue weighted by Crippen LogP contribution is -1.83. The van der Waals surface area contributed by atoms with Crippen LogP contribution in [0.3, 0.4) is 0 Å². The Morgan fingerprint density at radius 3 is 1.07 bits per heavy atom. The zero-order valence-corrected chi connectivity index (χ0v) is 20.8. The first kappa shape index (κ1) is 29.2. The SMILES string of the molecule is CCCCCCCCCCCCCCCCCCC/C=C/CCCCCCCC#N. The Balaban J connectivity index is 3.05. The van der Waals surface area contributed by atoms with E-state index < -0.39 is 0 Å². The van der Waals surface area contributed by atoms with Crippen LogP contribution < -0.4 is 0 Å². The van der Waals surface area contributed by atoms with Gasteiger partial charge in [-0.05, 0) is 32.1 Å². The van der Waals surface area contributed by atoms with Gasteiger partial charge in [-0.2, -0.15) is 5.26 Å². The minimum Gasteiger partial charge on any atom is -0.198 e. The number of unbranched alkanes of at least 4 members (excludes halogenated alkanes) is 23. The van der Waals surface area contributed by atoms with Gasteiger partial charge in [-0.25, -0.2) is 0 Å². The first-order valence-corrected chi connectivity index (χ1v) is 13.9. The maximum absolute atomic E-state index is 8.49. The van der Waals surface area contributed by atoms with E-state index in [-0.39, 0.29) is 0 Å². The second-order valence-electron chi connectivity index (χ2n) is 9.38. The van der Waals surface area contributed by atoms with E-state index in [2.05, 4.69) is 25.1 Å². The summed E-state index contributed by atoms with van der Waals surface area (Å²) < 4.78 is 0. The Bertz CT molecular complexity index is 365. The van der Waals surface area contributed by atoms with Crippen LogP contribution in [0, 0.1) is 11.3 Å². The second-order valence-corrected chi connectivity index (χ2v) is 9.38. The molecule has 0 aliphatic rings. The number of hydrogen-bond donors (Lipinski definition) is 0. The van der Waals surface area contributed by atoms with Gasteiger partial charge in [0, 0.05) is 6.42 Å². The molecule has 0 aliphatic carbocycles. The third kappa shape index (κ3) is 27.2. The summed E-state index contributed by atoms with van der Waals surface area (Å²) in [5.41, 5.74) is 0. The predicted molar refractivity (Wildman–Crippen MR) is 136 cm³/mol. The summed E-state index contributed by atoms with van der Waals surface area (Å²) in [5, 5.41) is 8.49. The Morgan fingerprint density at radius 1 is 0.433 bits per heavy atom. The highest BCUT2D eigenvalue weighted by molar-refractivity contribution is 4.81.